The van der Waals surface area contributed by atoms with E-state index in [1.54, 1.807) is 0 Å². The predicted octanol–water partition coefficient (Wildman–Crippen LogP) is 2.87. The fourth-order valence-electron chi connectivity index (χ4n) is 5.99. The summed E-state index contributed by atoms with van der Waals surface area (Å²) in [6, 6.07) is 17.3. The maximum atomic E-state index is 13.9. The van der Waals surface area contributed by atoms with Gasteiger partial charge in [-0.15, -0.1) is 0 Å². The molecule has 2 aromatic carbocycles. The van der Waals surface area contributed by atoms with Gasteiger partial charge in [-0.05, 0) is 55.7 Å². The average Bonchev–Trinajstić information content (AvgIpc) is 3.04. The van der Waals surface area contributed by atoms with Crippen molar-refractivity contribution in [1.82, 2.24) is 10.2 Å². The van der Waals surface area contributed by atoms with Crippen molar-refractivity contribution in [2.24, 2.45) is 29.2 Å². The molecular weight excluding hydrogens is 616 g/mol. The summed E-state index contributed by atoms with van der Waals surface area (Å²) in [7, 11) is -3.18. The number of Topliss-reactive ketones (excluding diaryl/α,β-unsaturated/α-hetero) is 2. The second-order valence-corrected chi connectivity index (χ2v) is 15.5. The fraction of sp³-hybridized carbons (Fsp3) is 0.556. The van der Waals surface area contributed by atoms with Crippen LogP contribution in [-0.2, 0) is 41.9 Å². The number of carbonyl (C=O) groups excluding carboxylic acids is 4. The zero-order chi connectivity index (χ0) is 34.4. The summed E-state index contributed by atoms with van der Waals surface area (Å²) < 4.78 is 23.9. The van der Waals surface area contributed by atoms with Crippen molar-refractivity contribution in [1.29, 1.82) is 0 Å². The number of hydrogen-bond acceptors (Lipinski definition) is 8. The number of hydrogen-bond donors (Lipinski definition) is 3. The molecule has 2 amide bonds. The van der Waals surface area contributed by atoms with Crippen LogP contribution < -0.4 is 16.8 Å². The number of nitrogens with zero attached hydrogens (tertiary/aromatic N) is 1. The molecule has 1 heterocycles. The second-order valence-electron chi connectivity index (χ2n) is 13.2. The molecule has 3 rings (SSSR count). The van der Waals surface area contributed by atoms with Gasteiger partial charge in [0.2, 0.25) is 11.8 Å². The third-order valence-electron chi connectivity index (χ3n) is 8.73. The molecule has 11 heteroatoms. The van der Waals surface area contributed by atoms with E-state index in [0.717, 1.165) is 11.1 Å². The van der Waals surface area contributed by atoms with Crippen LogP contribution in [0.2, 0.25) is 0 Å². The Hall–Kier alpha value is -3.41. The lowest BCUT2D eigenvalue weighted by Gasteiger charge is -2.31. The fourth-order valence-corrected chi connectivity index (χ4v) is 7.19. The Morgan fingerprint density at radius 1 is 0.809 bits per heavy atom. The van der Waals surface area contributed by atoms with Crippen LogP contribution in [0.25, 0.3) is 0 Å². The van der Waals surface area contributed by atoms with Crippen LogP contribution in [0.15, 0.2) is 60.7 Å². The first-order chi connectivity index (χ1) is 22.4. The molecule has 0 aromatic heterocycles. The molecule has 0 aliphatic carbocycles. The highest BCUT2D eigenvalue weighted by atomic mass is 32.2. The molecule has 0 bridgehead atoms. The third kappa shape index (κ3) is 13.0. The van der Waals surface area contributed by atoms with Crippen molar-refractivity contribution in [3.05, 3.63) is 71.8 Å². The van der Waals surface area contributed by atoms with E-state index in [-0.39, 0.29) is 60.8 Å². The molecule has 0 unspecified atom stereocenters. The van der Waals surface area contributed by atoms with Crippen LogP contribution in [0.1, 0.15) is 63.5 Å². The number of amides is 2. The first-order valence-electron chi connectivity index (χ1n) is 16.8. The Labute approximate surface area is 280 Å². The number of nitrogens with two attached hydrogens (primary N) is 2. The van der Waals surface area contributed by atoms with Gasteiger partial charge in [0.1, 0.15) is 0 Å². The van der Waals surface area contributed by atoms with Gasteiger partial charge in [0.15, 0.2) is 21.4 Å². The van der Waals surface area contributed by atoms with E-state index in [1.807, 2.05) is 74.5 Å². The topological polar surface area (TPSA) is 170 Å². The molecule has 0 saturated carbocycles. The standard InChI is InChI=1S/C36H52N4O6S/c1-26(2)21-32(34(42)24-29(15-9-10-16-37)36(44)40-17-19-47(45,46)20-18-40)39-35(43)30(22-27-11-5-3-6-12-27)25-33(41)31(38)23-28-13-7-4-8-14-28/h3-8,11-14,26,29-32H,9-10,15-25,37-38H2,1-2H3,(H,39,43)/t29-,30-,31+,32+/m0/s1. The van der Waals surface area contributed by atoms with Gasteiger partial charge < -0.3 is 21.7 Å². The van der Waals surface area contributed by atoms with Crippen LogP contribution in [0.3, 0.4) is 0 Å². The van der Waals surface area contributed by atoms with E-state index in [9.17, 15) is 27.6 Å². The third-order valence-corrected chi connectivity index (χ3v) is 10.3. The van der Waals surface area contributed by atoms with Crippen molar-refractivity contribution < 1.29 is 27.6 Å². The summed E-state index contributed by atoms with van der Waals surface area (Å²) >= 11 is 0. The first kappa shape index (κ1) is 38.0. The number of ketones is 2. The molecule has 4 atom stereocenters. The minimum Gasteiger partial charge on any atom is -0.346 e. The number of unbranched alkanes of at least 4 members (excludes halogenated alkanes) is 1. The van der Waals surface area contributed by atoms with Gasteiger partial charge in [-0.1, -0.05) is 80.9 Å². The number of benzene rings is 2. The van der Waals surface area contributed by atoms with E-state index in [4.69, 9.17) is 11.5 Å². The Balaban J connectivity index is 1.77. The zero-order valence-corrected chi connectivity index (χ0v) is 28.6. The lowest BCUT2D eigenvalue weighted by atomic mass is 9.87. The highest BCUT2D eigenvalue weighted by Crippen LogP contribution is 2.22. The van der Waals surface area contributed by atoms with Gasteiger partial charge in [0, 0.05) is 37.8 Å². The molecule has 0 spiro atoms. The molecule has 0 radical (unpaired) electrons. The Bertz CT molecular complexity index is 1400. The van der Waals surface area contributed by atoms with Crippen molar-refractivity contribution in [2.75, 3.05) is 31.1 Å². The van der Waals surface area contributed by atoms with Crippen LogP contribution in [-0.4, -0.2) is 79.9 Å². The minimum atomic E-state index is -3.18. The molecule has 1 aliphatic heterocycles. The van der Waals surface area contributed by atoms with Gasteiger partial charge in [-0.2, -0.15) is 0 Å². The quantitative estimate of drug-likeness (QED) is 0.192. The molecular formula is C36H52N4O6S. The minimum absolute atomic E-state index is 0.0662. The summed E-state index contributed by atoms with van der Waals surface area (Å²) in [4.78, 5) is 56.2. The highest BCUT2D eigenvalue weighted by molar-refractivity contribution is 7.91. The Morgan fingerprint density at radius 2 is 1.36 bits per heavy atom. The predicted molar refractivity (Wildman–Crippen MR) is 184 cm³/mol. The van der Waals surface area contributed by atoms with Crippen LogP contribution in [0.5, 0.6) is 0 Å². The molecule has 5 N–H and O–H groups in total. The van der Waals surface area contributed by atoms with E-state index in [2.05, 4.69) is 5.32 Å². The second kappa shape index (κ2) is 18.8. The lowest BCUT2D eigenvalue weighted by Crippen LogP contribution is -2.49. The maximum absolute atomic E-state index is 13.9. The van der Waals surface area contributed by atoms with Gasteiger partial charge in [-0.25, -0.2) is 8.42 Å². The molecule has 47 heavy (non-hydrogen) atoms. The van der Waals surface area contributed by atoms with Crippen molar-refractivity contribution >= 4 is 33.2 Å². The smallest absolute Gasteiger partial charge is 0.226 e. The number of carbonyl (C=O) groups is 4. The average molecular weight is 669 g/mol. The van der Waals surface area contributed by atoms with Gasteiger partial charge in [0.05, 0.1) is 23.6 Å². The van der Waals surface area contributed by atoms with E-state index in [0.29, 0.717) is 45.1 Å². The first-order valence-corrected chi connectivity index (χ1v) is 18.6. The van der Waals surface area contributed by atoms with Crippen LogP contribution in [0.4, 0.5) is 0 Å². The number of sulfone groups is 1. The summed E-state index contributed by atoms with van der Waals surface area (Å²) in [5.41, 5.74) is 13.8. The monoisotopic (exact) mass is 668 g/mol. The van der Waals surface area contributed by atoms with Crippen molar-refractivity contribution in [3.63, 3.8) is 0 Å². The Kier molecular flexibility index (Phi) is 15.2. The molecule has 258 valence electrons. The van der Waals surface area contributed by atoms with Gasteiger partial charge in [0.25, 0.3) is 0 Å². The lowest BCUT2D eigenvalue weighted by molar-refractivity contribution is -0.139. The molecule has 2 aromatic rings. The van der Waals surface area contributed by atoms with Gasteiger partial charge >= 0.3 is 0 Å². The van der Waals surface area contributed by atoms with E-state index >= 15 is 0 Å². The zero-order valence-electron chi connectivity index (χ0n) is 27.8. The molecule has 1 aliphatic rings. The number of nitrogens with one attached hydrogen (secondary N) is 1. The molecule has 1 fully saturated rings. The summed E-state index contributed by atoms with van der Waals surface area (Å²) in [5.74, 6) is -2.63. The van der Waals surface area contributed by atoms with E-state index in [1.165, 1.54) is 4.90 Å². The normalized spacial score (nSPS) is 17.0. The number of rotatable bonds is 19. The summed E-state index contributed by atoms with van der Waals surface area (Å²) in [6.07, 6.45) is 2.67. The van der Waals surface area contributed by atoms with E-state index < -0.39 is 39.7 Å². The van der Waals surface area contributed by atoms with Crippen LogP contribution in [0, 0.1) is 17.8 Å². The van der Waals surface area contributed by atoms with Crippen LogP contribution >= 0.6 is 0 Å². The molecule has 10 nitrogen and oxygen atoms in total. The largest absolute Gasteiger partial charge is 0.346 e. The van der Waals surface area contributed by atoms with Gasteiger partial charge in [-0.3, -0.25) is 19.2 Å². The van der Waals surface area contributed by atoms with Crippen molar-refractivity contribution in [3.8, 4) is 0 Å². The summed E-state index contributed by atoms with van der Waals surface area (Å²) in [5, 5.41) is 2.96. The molecule has 1 saturated heterocycles. The summed E-state index contributed by atoms with van der Waals surface area (Å²) in [6.45, 7) is 4.59. The maximum Gasteiger partial charge on any atom is 0.226 e. The highest BCUT2D eigenvalue weighted by Gasteiger charge is 2.34. The SMILES string of the molecule is CC(C)C[C@@H](NC(=O)[C@H](CC(=O)[C@H](N)Cc1ccccc1)Cc1ccccc1)C(=O)C[C@H](CCCCN)C(=O)N1CCS(=O)(=O)CC1. The Morgan fingerprint density at radius 3 is 1.91 bits per heavy atom. The van der Waals surface area contributed by atoms with Crippen molar-refractivity contribution in [2.45, 2.75) is 77.3 Å².